The molecule has 1 aromatic carbocycles. The maximum Gasteiger partial charge on any atom is 0.253 e. The maximum atomic E-state index is 13.4. The molecule has 1 aromatic heterocycles. The molecular formula is C32H44N4O4. The molecule has 1 aliphatic carbocycles. The zero-order valence-electron chi connectivity index (χ0n) is 23.7. The second-order valence-corrected chi connectivity index (χ2v) is 12.3. The minimum Gasteiger partial charge on any atom is -0.467 e. The number of fused-ring (bicyclic) bond motifs is 1. The number of carbonyl (C=O) groups excluding carboxylic acids is 2. The van der Waals surface area contributed by atoms with Crippen molar-refractivity contribution in [1.82, 2.24) is 9.80 Å². The summed E-state index contributed by atoms with van der Waals surface area (Å²) in [6.07, 6.45) is 15.6. The average molecular weight is 549 g/mol. The van der Waals surface area contributed by atoms with Crippen LogP contribution in [0, 0.1) is 0 Å². The van der Waals surface area contributed by atoms with Crippen LogP contribution in [-0.4, -0.2) is 72.6 Å². The first kappa shape index (κ1) is 27.3. The van der Waals surface area contributed by atoms with Crippen LogP contribution in [0.4, 0.5) is 5.69 Å². The van der Waals surface area contributed by atoms with Gasteiger partial charge in [0.1, 0.15) is 11.3 Å². The van der Waals surface area contributed by atoms with E-state index < -0.39 is 5.54 Å². The normalized spacial score (nSPS) is 24.2. The van der Waals surface area contributed by atoms with Gasteiger partial charge in [0.05, 0.1) is 31.2 Å². The Balaban J connectivity index is 1.14. The van der Waals surface area contributed by atoms with Crippen molar-refractivity contribution in [3.63, 3.8) is 0 Å². The number of hydrogen-bond acceptors (Lipinski definition) is 6. The van der Waals surface area contributed by atoms with Gasteiger partial charge in [0.15, 0.2) is 0 Å². The number of benzene rings is 1. The van der Waals surface area contributed by atoms with Crippen LogP contribution >= 0.6 is 0 Å². The number of hydrogen-bond donors (Lipinski definition) is 1. The molecule has 0 radical (unpaired) electrons. The Kier molecular flexibility index (Phi) is 8.17. The van der Waals surface area contributed by atoms with Crippen molar-refractivity contribution in [3.8, 4) is 0 Å². The lowest BCUT2D eigenvalue weighted by Crippen LogP contribution is -2.68. The van der Waals surface area contributed by atoms with Gasteiger partial charge in [-0.2, -0.15) is 0 Å². The molecule has 3 aliphatic heterocycles. The van der Waals surface area contributed by atoms with Crippen molar-refractivity contribution in [1.29, 1.82) is 0 Å². The minimum atomic E-state index is -0.888. The van der Waals surface area contributed by atoms with Crippen LogP contribution in [0.1, 0.15) is 91.9 Å². The van der Waals surface area contributed by atoms with Crippen LogP contribution in [0.25, 0.3) is 0 Å². The van der Waals surface area contributed by atoms with Crippen LogP contribution in [-0.2, 0) is 16.0 Å². The van der Waals surface area contributed by atoms with Gasteiger partial charge in [-0.1, -0.05) is 57.1 Å². The van der Waals surface area contributed by atoms with E-state index in [-0.39, 0.29) is 31.1 Å². The molecule has 4 aliphatic rings. The molecule has 2 aromatic rings. The van der Waals surface area contributed by atoms with Crippen LogP contribution in [0.15, 0.2) is 41.0 Å². The predicted molar refractivity (Wildman–Crippen MR) is 154 cm³/mol. The summed E-state index contributed by atoms with van der Waals surface area (Å²) in [4.78, 5) is 32.4. The number of nitrogens with two attached hydrogens (primary N) is 1. The number of rotatable bonds is 4. The highest BCUT2D eigenvalue weighted by Gasteiger charge is 2.45. The van der Waals surface area contributed by atoms with Gasteiger partial charge in [-0.15, -0.1) is 0 Å². The first-order valence-corrected chi connectivity index (χ1v) is 15.4. The number of aryl methyl sites for hydroxylation is 1. The van der Waals surface area contributed by atoms with Gasteiger partial charge in [-0.25, -0.2) is 0 Å². The van der Waals surface area contributed by atoms with E-state index >= 15 is 0 Å². The Morgan fingerprint density at radius 2 is 1.43 bits per heavy atom. The largest absolute Gasteiger partial charge is 0.467 e. The summed E-state index contributed by atoms with van der Waals surface area (Å²) in [5.41, 5.74) is 8.49. The molecule has 0 spiro atoms. The molecule has 8 heteroatoms. The summed E-state index contributed by atoms with van der Waals surface area (Å²) >= 11 is 0. The summed E-state index contributed by atoms with van der Waals surface area (Å²) in [5, 5.41) is 0. The quantitative estimate of drug-likeness (QED) is 0.597. The van der Waals surface area contributed by atoms with Crippen molar-refractivity contribution < 1.29 is 18.7 Å². The molecule has 2 N–H and O–H groups in total. The lowest BCUT2D eigenvalue weighted by atomic mass is 9.89. The standard InChI is InChI=1S/C32H44N4O4/c33-32(22-39-23-32)31(38)35-19-17-34(18-20-35)30(37)25-12-10-24(11-13-25)27-14-15-29-28(16-21-40-29)36(27)26-8-6-4-2-1-3-5-7-9-26/h10-13,16,21,26-27H,1-9,14-15,17-20,22-23,33H2. The molecule has 3 fully saturated rings. The molecule has 2 saturated heterocycles. The molecule has 216 valence electrons. The van der Waals surface area contributed by atoms with Crippen molar-refractivity contribution in [2.75, 3.05) is 44.3 Å². The number of nitrogens with zero attached hydrogens (tertiary/aromatic N) is 3. The van der Waals surface area contributed by atoms with Crippen LogP contribution in [0.3, 0.4) is 0 Å². The molecular weight excluding hydrogens is 504 g/mol. The summed E-state index contributed by atoms with van der Waals surface area (Å²) < 4.78 is 11.1. The highest BCUT2D eigenvalue weighted by Crippen LogP contribution is 2.42. The van der Waals surface area contributed by atoms with Gasteiger partial charge in [-0.05, 0) is 37.0 Å². The molecule has 4 heterocycles. The zero-order valence-corrected chi connectivity index (χ0v) is 23.7. The summed E-state index contributed by atoms with van der Waals surface area (Å²) in [6, 6.07) is 11.3. The molecule has 2 amide bonds. The molecule has 40 heavy (non-hydrogen) atoms. The second-order valence-electron chi connectivity index (χ2n) is 12.3. The zero-order chi connectivity index (χ0) is 27.5. The fraction of sp³-hybridized carbons (Fsp3) is 0.625. The van der Waals surface area contributed by atoms with Gasteiger partial charge in [0.2, 0.25) is 5.91 Å². The van der Waals surface area contributed by atoms with E-state index in [0.29, 0.717) is 37.8 Å². The van der Waals surface area contributed by atoms with E-state index in [1.165, 1.54) is 69.0 Å². The Morgan fingerprint density at radius 1 is 0.800 bits per heavy atom. The monoisotopic (exact) mass is 548 g/mol. The van der Waals surface area contributed by atoms with Gasteiger partial charge < -0.3 is 29.6 Å². The van der Waals surface area contributed by atoms with Crippen LogP contribution < -0.4 is 10.6 Å². The third-order valence-electron chi connectivity index (χ3n) is 9.49. The summed E-state index contributed by atoms with van der Waals surface area (Å²) in [7, 11) is 0. The fourth-order valence-electron chi connectivity index (χ4n) is 7.07. The van der Waals surface area contributed by atoms with Crippen molar-refractivity contribution in [2.24, 2.45) is 5.73 Å². The molecule has 8 nitrogen and oxygen atoms in total. The SMILES string of the molecule is NC1(C(=O)N2CCN(C(=O)c3ccc(C4CCc5occc5N4C4CCCCCCCCC4)cc3)CC2)COC1. The summed E-state index contributed by atoms with van der Waals surface area (Å²) in [5.74, 6) is 1.07. The highest BCUT2D eigenvalue weighted by molar-refractivity contribution is 5.94. The van der Waals surface area contributed by atoms with Crippen molar-refractivity contribution >= 4 is 17.5 Å². The third-order valence-corrected chi connectivity index (χ3v) is 9.49. The Bertz CT molecular complexity index is 1160. The van der Waals surface area contributed by atoms with Gasteiger partial charge >= 0.3 is 0 Å². The van der Waals surface area contributed by atoms with E-state index in [4.69, 9.17) is 14.9 Å². The number of ether oxygens (including phenoxy) is 1. The number of anilines is 1. The first-order chi connectivity index (χ1) is 19.5. The molecule has 0 bridgehead atoms. The second kappa shape index (κ2) is 12.0. The van der Waals surface area contributed by atoms with Gasteiger partial charge in [-0.3, -0.25) is 9.59 Å². The third kappa shape index (κ3) is 5.53. The van der Waals surface area contributed by atoms with Crippen molar-refractivity contribution in [3.05, 3.63) is 53.5 Å². The minimum absolute atomic E-state index is 0.0260. The lowest BCUT2D eigenvalue weighted by Gasteiger charge is -2.43. The Labute approximate surface area is 237 Å². The van der Waals surface area contributed by atoms with E-state index in [2.05, 4.69) is 23.1 Å². The number of amides is 2. The molecule has 1 saturated carbocycles. The molecule has 6 rings (SSSR count). The lowest BCUT2D eigenvalue weighted by molar-refractivity contribution is -0.155. The average Bonchev–Trinajstić information content (AvgIpc) is 3.47. The number of furan rings is 1. The van der Waals surface area contributed by atoms with E-state index in [1.54, 1.807) is 4.90 Å². The fourth-order valence-corrected chi connectivity index (χ4v) is 7.07. The molecule has 1 atom stereocenters. The first-order valence-electron chi connectivity index (χ1n) is 15.4. The van der Waals surface area contributed by atoms with E-state index in [0.717, 1.165) is 18.6 Å². The predicted octanol–water partition coefficient (Wildman–Crippen LogP) is 4.68. The molecule has 1 unspecified atom stereocenters. The Hall–Kier alpha value is -2.84. The smallest absolute Gasteiger partial charge is 0.253 e. The Morgan fingerprint density at radius 3 is 2.05 bits per heavy atom. The van der Waals surface area contributed by atoms with Crippen LogP contribution in [0.2, 0.25) is 0 Å². The summed E-state index contributed by atoms with van der Waals surface area (Å²) in [6.45, 7) is 2.60. The maximum absolute atomic E-state index is 13.4. The van der Waals surface area contributed by atoms with Crippen LogP contribution in [0.5, 0.6) is 0 Å². The van der Waals surface area contributed by atoms with E-state index in [1.807, 2.05) is 23.3 Å². The van der Waals surface area contributed by atoms with E-state index in [9.17, 15) is 9.59 Å². The van der Waals surface area contributed by atoms with Gasteiger partial charge in [0.25, 0.3) is 5.91 Å². The topological polar surface area (TPSA) is 92.3 Å². The highest BCUT2D eigenvalue weighted by atomic mass is 16.5. The number of piperazine rings is 1. The number of carbonyl (C=O) groups is 2. The van der Waals surface area contributed by atoms with Crippen molar-refractivity contribution in [2.45, 2.75) is 88.3 Å². The van der Waals surface area contributed by atoms with Gasteiger partial charge in [0, 0.05) is 50.3 Å².